The lowest BCUT2D eigenvalue weighted by atomic mass is 10.2. The minimum absolute atomic E-state index is 0.0472. The predicted molar refractivity (Wildman–Crippen MR) is 115 cm³/mol. The van der Waals surface area contributed by atoms with E-state index in [2.05, 4.69) is 25.7 Å². The van der Waals surface area contributed by atoms with Gasteiger partial charge in [0, 0.05) is 6.20 Å². The molecule has 1 aliphatic heterocycles. The van der Waals surface area contributed by atoms with Gasteiger partial charge in [0.2, 0.25) is 5.95 Å². The molecule has 10 nitrogen and oxygen atoms in total. The van der Waals surface area contributed by atoms with E-state index in [1.54, 1.807) is 24.4 Å². The fourth-order valence-electron chi connectivity index (χ4n) is 3.67. The number of fused-ring (bicyclic) bond motifs is 2. The molecule has 0 saturated carbocycles. The van der Waals surface area contributed by atoms with Gasteiger partial charge in [-0.05, 0) is 25.1 Å². The van der Waals surface area contributed by atoms with Crippen LogP contribution in [0.1, 0.15) is 34.8 Å². The van der Waals surface area contributed by atoms with Crippen LogP contribution >= 0.6 is 11.6 Å². The first kappa shape index (κ1) is 19.1. The number of halogens is 1. The van der Waals surface area contributed by atoms with Gasteiger partial charge in [-0.25, -0.2) is 9.50 Å². The van der Waals surface area contributed by atoms with E-state index in [-0.39, 0.29) is 35.3 Å². The maximum atomic E-state index is 13.4. The third-order valence-electron chi connectivity index (χ3n) is 5.06. The number of anilines is 2. The summed E-state index contributed by atoms with van der Waals surface area (Å²) in [5.41, 5.74) is 7.27. The minimum Gasteiger partial charge on any atom is -0.368 e. The van der Waals surface area contributed by atoms with Crippen LogP contribution in [0.25, 0.3) is 11.2 Å². The highest BCUT2D eigenvalue weighted by atomic mass is 35.5. The van der Waals surface area contributed by atoms with Gasteiger partial charge in [-0.2, -0.15) is 10.1 Å². The molecule has 0 saturated heterocycles. The van der Waals surface area contributed by atoms with Gasteiger partial charge in [-0.3, -0.25) is 14.2 Å². The summed E-state index contributed by atoms with van der Waals surface area (Å²) >= 11 is 6.23. The van der Waals surface area contributed by atoms with Crippen LogP contribution in [-0.2, 0) is 6.54 Å². The topological polar surface area (TPSA) is 132 Å². The number of carbonyl (C=O) groups excluding carboxylic acids is 1. The molecule has 4 aromatic rings. The Hall–Kier alpha value is -3.92. The molecule has 3 aromatic heterocycles. The molecule has 1 aromatic carbocycles. The van der Waals surface area contributed by atoms with Crippen molar-refractivity contribution in [1.29, 1.82) is 0 Å². The first-order valence-electron chi connectivity index (χ1n) is 9.50. The van der Waals surface area contributed by atoms with E-state index in [0.717, 1.165) is 0 Å². The van der Waals surface area contributed by atoms with Crippen molar-refractivity contribution in [3.05, 3.63) is 75.1 Å². The molecule has 0 unspecified atom stereocenters. The number of benzene rings is 1. The van der Waals surface area contributed by atoms with Crippen molar-refractivity contribution in [3.8, 4) is 5.69 Å². The van der Waals surface area contributed by atoms with Crippen molar-refractivity contribution < 1.29 is 4.79 Å². The number of amides is 1. The first-order valence-corrected chi connectivity index (χ1v) is 9.88. The fourth-order valence-corrected chi connectivity index (χ4v) is 3.90. The van der Waals surface area contributed by atoms with Crippen molar-refractivity contribution in [3.63, 3.8) is 0 Å². The summed E-state index contributed by atoms with van der Waals surface area (Å²) in [6, 6.07) is 10.2. The fraction of sp³-hybridized carbons (Fsp3) is 0.150. The van der Waals surface area contributed by atoms with E-state index in [4.69, 9.17) is 17.3 Å². The number of nitrogens with one attached hydrogen (secondary N) is 2. The van der Waals surface area contributed by atoms with Gasteiger partial charge in [0.1, 0.15) is 16.9 Å². The molecule has 0 aliphatic carbocycles. The number of nitrogen functional groups attached to an aromatic ring is 1. The molecule has 4 heterocycles. The third kappa shape index (κ3) is 3.08. The molecule has 0 spiro atoms. The zero-order valence-corrected chi connectivity index (χ0v) is 17.1. The molecule has 31 heavy (non-hydrogen) atoms. The Kier molecular flexibility index (Phi) is 4.36. The second-order valence-electron chi connectivity index (χ2n) is 7.09. The number of rotatable bonds is 4. The Balaban J connectivity index is 1.68. The second kappa shape index (κ2) is 7.10. The van der Waals surface area contributed by atoms with E-state index in [9.17, 15) is 9.59 Å². The molecule has 1 aliphatic rings. The van der Waals surface area contributed by atoms with Crippen LogP contribution in [0.3, 0.4) is 0 Å². The summed E-state index contributed by atoms with van der Waals surface area (Å²) in [7, 11) is 0. The van der Waals surface area contributed by atoms with Crippen molar-refractivity contribution >= 4 is 34.8 Å². The van der Waals surface area contributed by atoms with Gasteiger partial charge in [0.15, 0.2) is 5.82 Å². The van der Waals surface area contributed by atoms with Gasteiger partial charge in [0.05, 0.1) is 29.0 Å². The predicted octanol–water partition coefficient (Wildman–Crippen LogP) is 1.93. The smallest absolute Gasteiger partial charge is 0.284 e. The van der Waals surface area contributed by atoms with Crippen LogP contribution in [0.4, 0.5) is 11.8 Å². The van der Waals surface area contributed by atoms with Crippen LogP contribution in [0.5, 0.6) is 0 Å². The maximum absolute atomic E-state index is 13.4. The molecule has 0 fully saturated rings. The number of nitrogens with zero attached hydrogens (tertiary/aromatic N) is 5. The monoisotopic (exact) mass is 436 g/mol. The molecule has 11 heteroatoms. The summed E-state index contributed by atoms with van der Waals surface area (Å²) < 4.78 is 2.94. The molecule has 4 N–H and O–H groups in total. The highest BCUT2D eigenvalue weighted by Gasteiger charge is 2.28. The normalized spacial score (nSPS) is 13.8. The second-order valence-corrected chi connectivity index (χ2v) is 7.50. The molecule has 156 valence electrons. The largest absolute Gasteiger partial charge is 0.368 e. The summed E-state index contributed by atoms with van der Waals surface area (Å²) in [5, 5.41) is 10.8. The summed E-state index contributed by atoms with van der Waals surface area (Å²) in [5.74, 6) is 0.446. The molecule has 1 atom stereocenters. The van der Waals surface area contributed by atoms with Crippen LogP contribution in [-0.4, -0.2) is 30.1 Å². The van der Waals surface area contributed by atoms with Crippen molar-refractivity contribution in [2.75, 3.05) is 11.1 Å². The van der Waals surface area contributed by atoms with Gasteiger partial charge < -0.3 is 16.4 Å². The molecule has 5 rings (SSSR count). The van der Waals surface area contributed by atoms with E-state index < -0.39 is 6.04 Å². The zero-order valence-electron chi connectivity index (χ0n) is 16.3. The average Bonchev–Trinajstić information content (AvgIpc) is 3.31. The third-order valence-corrected chi connectivity index (χ3v) is 5.37. The summed E-state index contributed by atoms with van der Waals surface area (Å²) in [6.07, 6.45) is 1.62. The number of hydrogen-bond acceptors (Lipinski definition) is 7. The van der Waals surface area contributed by atoms with Gasteiger partial charge in [-0.15, -0.1) is 0 Å². The van der Waals surface area contributed by atoms with Crippen molar-refractivity contribution in [1.82, 2.24) is 29.5 Å². The van der Waals surface area contributed by atoms with Crippen LogP contribution in [0.2, 0.25) is 5.02 Å². The zero-order chi connectivity index (χ0) is 21.7. The van der Waals surface area contributed by atoms with E-state index in [0.29, 0.717) is 27.8 Å². The molecule has 1 amide bonds. The van der Waals surface area contributed by atoms with Crippen molar-refractivity contribution in [2.24, 2.45) is 0 Å². The lowest BCUT2D eigenvalue weighted by molar-refractivity contribution is 0.0966. The quantitative estimate of drug-likeness (QED) is 0.445. The van der Waals surface area contributed by atoms with Crippen molar-refractivity contribution in [2.45, 2.75) is 19.5 Å². The lowest BCUT2D eigenvalue weighted by Crippen LogP contribution is -2.29. The SMILES string of the molecule is C[C@H](Nc1nc(N)nc2c1C(=O)NC2)c1nn2ccc(Cl)c2c(=O)n1-c1ccccc1. The van der Waals surface area contributed by atoms with Crippen LogP contribution in [0.15, 0.2) is 47.4 Å². The van der Waals surface area contributed by atoms with E-state index in [1.165, 1.54) is 9.08 Å². The number of aromatic nitrogens is 5. The maximum Gasteiger partial charge on any atom is 0.284 e. The average molecular weight is 437 g/mol. The standard InChI is InChI=1S/C20H17ClN8O2/c1-10(24-16-14-13(9-23-18(14)30)25-20(22)26-16)17-27-28-8-7-12(21)15(28)19(31)29(17)11-5-3-2-4-6-11/h2-8,10H,9H2,1H3,(H,23,30)(H3,22,24,25,26)/t10-/m0/s1. The number of para-hydroxylation sites is 1. The van der Waals surface area contributed by atoms with Gasteiger partial charge >= 0.3 is 0 Å². The molecule has 0 radical (unpaired) electrons. The molecule has 0 bridgehead atoms. The van der Waals surface area contributed by atoms with Crippen LogP contribution < -0.4 is 21.9 Å². The van der Waals surface area contributed by atoms with Gasteiger partial charge in [-0.1, -0.05) is 29.8 Å². The lowest BCUT2D eigenvalue weighted by Gasteiger charge is -2.20. The van der Waals surface area contributed by atoms with E-state index in [1.807, 2.05) is 25.1 Å². The highest BCUT2D eigenvalue weighted by molar-refractivity contribution is 6.33. The first-order chi connectivity index (χ1) is 14.9. The minimum atomic E-state index is -0.523. The Bertz CT molecular complexity index is 1400. The van der Waals surface area contributed by atoms with Gasteiger partial charge in [0.25, 0.3) is 11.5 Å². The Morgan fingerprint density at radius 3 is 2.74 bits per heavy atom. The van der Waals surface area contributed by atoms with Crippen LogP contribution in [0, 0.1) is 0 Å². The summed E-state index contributed by atoms with van der Waals surface area (Å²) in [6.45, 7) is 2.10. The van der Waals surface area contributed by atoms with E-state index >= 15 is 0 Å². The number of hydrogen-bond donors (Lipinski definition) is 3. The Labute approximate surface area is 180 Å². The highest BCUT2D eigenvalue weighted by Crippen LogP contribution is 2.26. The molecular formula is C20H17ClN8O2. The Morgan fingerprint density at radius 1 is 1.19 bits per heavy atom. The number of carbonyl (C=O) groups is 1. The molecular weight excluding hydrogens is 420 g/mol. The summed E-state index contributed by atoms with van der Waals surface area (Å²) in [4.78, 5) is 34.0. The number of nitrogens with two attached hydrogens (primary N) is 1. The Morgan fingerprint density at radius 2 is 1.97 bits per heavy atom.